The first-order valence-electron chi connectivity index (χ1n) is 6.64. The number of ether oxygens (including phenoxy) is 1. The number of carbonyl (C=O) groups is 1. The summed E-state index contributed by atoms with van der Waals surface area (Å²) in [5, 5.41) is 9.06. The number of nitrogens with zero attached hydrogens (tertiary/aromatic N) is 2. The summed E-state index contributed by atoms with van der Waals surface area (Å²) in [6.07, 6.45) is 6.74. The average molecular weight is 250 g/mol. The highest BCUT2D eigenvalue weighted by Gasteiger charge is 2.28. The zero-order chi connectivity index (χ0) is 12.5. The summed E-state index contributed by atoms with van der Waals surface area (Å²) in [5.41, 5.74) is 0.982. The second-order valence-corrected chi connectivity index (χ2v) is 5.16. The molecule has 0 bridgehead atoms. The van der Waals surface area contributed by atoms with Gasteiger partial charge in [-0.25, -0.2) is 4.98 Å². The fourth-order valence-corrected chi connectivity index (χ4v) is 2.79. The number of carboxylic acids is 1. The van der Waals surface area contributed by atoms with Gasteiger partial charge in [0.2, 0.25) is 0 Å². The number of hydrogen-bond acceptors (Lipinski definition) is 3. The fourth-order valence-electron chi connectivity index (χ4n) is 2.79. The molecule has 0 amide bonds. The van der Waals surface area contributed by atoms with Crippen molar-refractivity contribution in [1.29, 1.82) is 0 Å². The highest BCUT2D eigenvalue weighted by molar-refractivity contribution is 5.70. The molecule has 18 heavy (non-hydrogen) atoms. The van der Waals surface area contributed by atoms with Crippen LogP contribution in [0.4, 0.5) is 0 Å². The molecule has 1 aromatic heterocycles. The summed E-state index contributed by atoms with van der Waals surface area (Å²) in [4.78, 5) is 15.6. The molecule has 0 aromatic carbocycles. The molecule has 2 aliphatic heterocycles. The van der Waals surface area contributed by atoms with E-state index in [1.807, 2.05) is 6.20 Å². The highest BCUT2D eigenvalue weighted by Crippen LogP contribution is 2.29. The smallest absolute Gasteiger partial charge is 0.307 e. The fraction of sp³-hybridized carbons (Fsp3) is 0.692. The molecule has 98 valence electrons. The summed E-state index contributed by atoms with van der Waals surface area (Å²) in [6, 6.07) is 0. The van der Waals surface area contributed by atoms with Crippen molar-refractivity contribution in [2.75, 3.05) is 6.61 Å². The minimum atomic E-state index is -0.709. The maximum Gasteiger partial charge on any atom is 0.307 e. The molecule has 0 spiro atoms. The van der Waals surface area contributed by atoms with Crippen molar-refractivity contribution in [3.63, 3.8) is 0 Å². The van der Waals surface area contributed by atoms with Gasteiger partial charge in [0, 0.05) is 25.8 Å². The van der Waals surface area contributed by atoms with E-state index in [9.17, 15) is 4.79 Å². The van der Waals surface area contributed by atoms with Gasteiger partial charge in [-0.2, -0.15) is 0 Å². The first-order valence-corrected chi connectivity index (χ1v) is 6.64. The molecule has 2 unspecified atom stereocenters. The Labute approximate surface area is 106 Å². The van der Waals surface area contributed by atoms with Gasteiger partial charge in [0.1, 0.15) is 11.9 Å². The molecule has 5 heteroatoms. The van der Waals surface area contributed by atoms with Crippen molar-refractivity contribution >= 4 is 5.97 Å². The third-order valence-corrected chi connectivity index (χ3v) is 3.88. The molecule has 0 radical (unpaired) electrons. The quantitative estimate of drug-likeness (QED) is 0.868. The lowest BCUT2D eigenvalue weighted by Gasteiger charge is -2.20. The van der Waals surface area contributed by atoms with E-state index in [4.69, 9.17) is 9.84 Å². The lowest BCUT2D eigenvalue weighted by Crippen LogP contribution is -2.25. The van der Waals surface area contributed by atoms with Crippen molar-refractivity contribution in [2.45, 2.75) is 44.8 Å². The zero-order valence-electron chi connectivity index (χ0n) is 10.3. The second-order valence-electron chi connectivity index (χ2n) is 5.16. The number of carboxylic acid groups (broad SMARTS) is 1. The van der Waals surface area contributed by atoms with Crippen molar-refractivity contribution < 1.29 is 14.6 Å². The van der Waals surface area contributed by atoms with Crippen LogP contribution >= 0.6 is 0 Å². The van der Waals surface area contributed by atoms with Gasteiger partial charge in [0.05, 0.1) is 11.6 Å². The average Bonchev–Trinajstić information content (AvgIpc) is 2.82. The number of hydrogen-bond donors (Lipinski definition) is 1. The Hall–Kier alpha value is -1.36. The lowest BCUT2D eigenvalue weighted by molar-refractivity contribution is -0.142. The van der Waals surface area contributed by atoms with Crippen molar-refractivity contribution in [2.24, 2.45) is 5.92 Å². The largest absolute Gasteiger partial charge is 0.481 e. The maximum absolute atomic E-state index is 11.0. The molecule has 2 aliphatic rings. The van der Waals surface area contributed by atoms with E-state index in [0.717, 1.165) is 37.5 Å². The Morgan fingerprint density at radius 2 is 2.33 bits per heavy atom. The molecule has 1 saturated heterocycles. The van der Waals surface area contributed by atoms with Crippen LogP contribution in [0.5, 0.6) is 0 Å². The maximum atomic E-state index is 11.0. The Kier molecular flexibility index (Phi) is 3.07. The van der Waals surface area contributed by atoms with Crippen LogP contribution < -0.4 is 0 Å². The van der Waals surface area contributed by atoms with Crippen LogP contribution in [0.25, 0.3) is 0 Å². The molecule has 0 aliphatic carbocycles. The summed E-state index contributed by atoms with van der Waals surface area (Å²) >= 11 is 0. The molecule has 1 aromatic rings. The second kappa shape index (κ2) is 4.72. The number of aryl methyl sites for hydroxylation is 1. The van der Waals surface area contributed by atoms with Gasteiger partial charge in [-0.15, -0.1) is 0 Å². The van der Waals surface area contributed by atoms with Crippen LogP contribution in [0.3, 0.4) is 0 Å². The number of aromatic nitrogens is 2. The van der Waals surface area contributed by atoms with E-state index >= 15 is 0 Å². The first-order chi connectivity index (χ1) is 8.74. The molecule has 2 atom stereocenters. The van der Waals surface area contributed by atoms with Crippen LogP contribution in [0, 0.1) is 5.92 Å². The topological polar surface area (TPSA) is 64.3 Å². The minimum absolute atomic E-state index is 0.111. The van der Waals surface area contributed by atoms with Gasteiger partial charge < -0.3 is 14.4 Å². The SMILES string of the molecule is O=C(O)C1CCn2cc(C3CCCCO3)nc2C1. The van der Waals surface area contributed by atoms with Crippen molar-refractivity contribution in [3.05, 3.63) is 17.7 Å². The summed E-state index contributed by atoms with van der Waals surface area (Å²) in [7, 11) is 0. The van der Waals surface area contributed by atoms with Crippen molar-refractivity contribution in [1.82, 2.24) is 9.55 Å². The van der Waals surface area contributed by atoms with Gasteiger partial charge in [-0.1, -0.05) is 0 Å². The van der Waals surface area contributed by atoms with Crippen LogP contribution in [-0.4, -0.2) is 27.2 Å². The zero-order valence-corrected chi connectivity index (χ0v) is 10.3. The predicted molar refractivity (Wildman–Crippen MR) is 64.2 cm³/mol. The molecule has 0 saturated carbocycles. The van der Waals surface area contributed by atoms with Gasteiger partial charge in [0.15, 0.2) is 0 Å². The van der Waals surface area contributed by atoms with Crippen LogP contribution in [0.15, 0.2) is 6.20 Å². The van der Waals surface area contributed by atoms with E-state index < -0.39 is 5.97 Å². The van der Waals surface area contributed by atoms with E-state index in [2.05, 4.69) is 9.55 Å². The highest BCUT2D eigenvalue weighted by atomic mass is 16.5. The van der Waals surface area contributed by atoms with Crippen molar-refractivity contribution in [3.8, 4) is 0 Å². The van der Waals surface area contributed by atoms with E-state index in [0.29, 0.717) is 12.8 Å². The van der Waals surface area contributed by atoms with Crippen LogP contribution in [-0.2, 0) is 22.5 Å². The molecule has 3 heterocycles. The van der Waals surface area contributed by atoms with Gasteiger partial charge >= 0.3 is 5.97 Å². The first kappa shape index (κ1) is 11.7. The number of rotatable bonds is 2. The summed E-state index contributed by atoms with van der Waals surface area (Å²) < 4.78 is 7.81. The summed E-state index contributed by atoms with van der Waals surface area (Å²) in [6.45, 7) is 1.57. The third-order valence-electron chi connectivity index (χ3n) is 3.88. The predicted octanol–water partition coefficient (Wildman–Crippen LogP) is 1.77. The number of fused-ring (bicyclic) bond motifs is 1. The molecular formula is C13H18N2O3. The summed E-state index contributed by atoms with van der Waals surface area (Å²) in [5.74, 6) is -0.0856. The Morgan fingerprint density at radius 3 is 3.06 bits per heavy atom. The molecule has 1 fully saturated rings. The monoisotopic (exact) mass is 250 g/mol. The van der Waals surface area contributed by atoms with Gasteiger partial charge in [0.25, 0.3) is 0 Å². The van der Waals surface area contributed by atoms with Gasteiger partial charge in [-0.3, -0.25) is 4.79 Å². The van der Waals surface area contributed by atoms with Gasteiger partial charge in [-0.05, 0) is 25.7 Å². The Morgan fingerprint density at radius 1 is 1.44 bits per heavy atom. The van der Waals surface area contributed by atoms with E-state index in [1.54, 1.807) is 0 Å². The number of imidazole rings is 1. The molecule has 3 rings (SSSR count). The van der Waals surface area contributed by atoms with E-state index in [1.165, 1.54) is 6.42 Å². The molecular weight excluding hydrogens is 232 g/mol. The van der Waals surface area contributed by atoms with E-state index in [-0.39, 0.29) is 12.0 Å². The number of aliphatic carboxylic acids is 1. The Balaban J connectivity index is 1.78. The molecule has 5 nitrogen and oxygen atoms in total. The van der Waals surface area contributed by atoms with Crippen LogP contribution in [0.1, 0.15) is 43.3 Å². The normalized spacial score (nSPS) is 27.8. The Bertz CT molecular complexity index is 449. The lowest BCUT2D eigenvalue weighted by atomic mass is 9.98. The third kappa shape index (κ3) is 2.14. The molecule has 1 N–H and O–H groups in total. The minimum Gasteiger partial charge on any atom is -0.481 e. The van der Waals surface area contributed by atoms with Crippen LogP contribution in [0.2, 0.25) is 0 Å². The standard InChI is InChI=1S/C13H18N2O3/c16-13(17)9-4-5-15-8-10(14-12(15)7-9)11-3-1-2-6-18-11/h8-9,11H,1-7H2,(H,16,17).